The highest BCUT2D eigenvalue weighted by atomic mass is 35.5. The van der Waals surface area contributed by atoms with E-state index in [2.05, 4.69) is 30.5 Å². The molecule has 0 saturated heterocycles. The number of nitrogens with two attached hydrogens (primary N) is 2. The molecule has 12 heteroatoms. The van der Waals surface area contributed by atoms with Crippen LogP contribution in [0.2, 0.25) is 0 Å². The van der Waals surface area contributed by atoms with Gasteiger partial charge in [-0.3, -0.25) is 4.99 Å². The zero-order valence-electron chi connectivity index (χ0n) is 13.5. The average Bonchev–Trinajstić information content (AvgIpc) is 2.96. The Labute approximate surface area is 167 Å². The van der Waals surface area contributed by atoms with E-state index < -0.39 is 0 Å². The number of nitrogens with one attached hydrogen (secondary N) is 3. The molecule has 0 amide bonds. The van der Waals surface area contributed by atoms with Crippen molar-refractivity contribution in [3.63, 3.8) is 0 Å². The third-order valence-corrected chi connectivity index (χ3v) is 3.14. The van der Waals surface area contributed by atoms with Crippen LogP contribution >= 0.6 is 49.6 Å². The van der Waals surface area contributed by atoms with E-state index in [-0.39, 0.29) is 61.8 Å². The molecular weight excluding hydrogens is 398 g/mol. The number of hydrogen-bond acceptors (Lipinski definition) is 7. The fourth-order valence-corrected chi connectivity index (χ4v) is 2.21. The van der Waals surface area contributed by atoms with Crippen molar-refractivity contribution in [2.24, 2.45) is 16.5 Å². The predicted molar refractivity (Wildman–Crippen MR) is 109 cm³/mol. The van der Waals surface area contributed by atoms with E-state index in [1.165, 1.54) is 0 Å². The van der Waals surface area contributed by atoms with E-state index in [4.69, 9.17) is 11.5 Å². The van der Waals surface area contributed by atoms with Crippen LogP contribution in [0.3, 0.4) is 0 Å². The van der Waals surface area contributed by atoms with Crippen molar-refractivity contribution in [3.8, 4) is 0 Å². The molecule has 1 aliphatic rings. The second-order valence-electron chi connectivity index (χ2n) is 4.85. The molecule has 0 radical (unpaired) electrons. The summed E-state index contributed by atoms with van der Waals surface area (Å²) < 4.78 is 0. The van der Waals surface area contributed by atoms with E-state index in [1.54, 1.807) is 12.4 Å². The van der Waals surface area contributed by atoms with Crippen LogP contribution in [-0.2, 0) is 0 Å². The van der Waals surface area contributed by atoms with Gasteiger partial charge in [0.05, 0.1) is 0 Å². The molecule has 24 heavy (non-hydrogen) atoms. The molecule has 2 atom stereocenters. The molecule has 0 spiro atoms. The van der Waals surface area contributed by atoms with E-state index in [9.17, 15) is 0 Å². The minimum atomic E-state index is -0.131. The minimum Gasteiger partial charge on any atom is -0.356 e. The summed E-state index contributed by atoms with van der Waals surface area (Å²) in [5, 5.41) is 6.61. The number of guanidine groups is 1. The maximum Gasteiger partial charge on any atom is 0.201 e. The lowest BCUT2D eigenvalue weighted by Crippen LogP contribution is -2.59. The summed E-state index contributed by atoms with van der Waals surface area (Å²) in [6, 6.07) is -0.113. The third kappa shape index (κ3) is 7.96. The first kappa shape index (κ1) is 28.2. The Hall–Kier alpha value is -0.640. The number of rotatable bonds is 6. The molecule has 8 nitrogen and oxygen atoms in total. The molecule has 0 aromatic carbocycles. The Morgan fingerprint density at radius 2 is 2.04 bits per heavy atom. The fourth-order valence-electron chi connectivity index (χ4n) is 2.21. The highest BCUT2D eigenvalue weighted by molar-refractivity contribution is 5.86. The lowest BCUT2D eigenvalue weighted by molar-refractivity contribution is 0.297. The number of anilines is 1. The first-order valence-corrected chi connectivity index (χ1v) is 6.99. The van der Waals surface area contributed by atoms with Crippen LogP contribution in [0.25, 0.3) is 0 Å². The maximum absolute atomic E-state index is 6.12. The first-order chi connectivity index (χ1) is 9.72. The van der Waals surface area contributed by atoms with E-state index in [0.717, 1.165) is 25.5 Å². The number of aromatic nitrogens is 2. The second-order valence-corrected chi connectivity index (χ2v) is 4.85. The van der Waals surface area contributed by atoms with Gasteiger partial charge < -0.3 is 32.0 Å². The number of halogens is 4. The summed E-state index contributed by atoms with van der Waals surface area (Å²) in [5.74, 6) is 1.54. The van der Waals surface area contributed by atoms with Gasteiger partial charge in [0.25, 0.3) is 0 Å². The zero-order valence-corrected chi connectivity index (χ0v) is 16.7. The number of aromatic amines is 1. The van der Waals surface area contributed by atoms with Crippen molar-refractivity contribution in [2.75, 3.05) is 31.5 Å². The molecule has 2 unspecified atom stereocenters. The number of hydrogen-bond donors (Lipinski definition) is 5. The first-order valence-electron chi connectivity index (χ1n) is 6.99. The average molecular weight is 426 g/mol. The molecule has 0 bridgehead atoms. The normalized spacial score (nSPS) is 14.9. The molecule has 144 valence electrons. The number of imidazole rings is 1. The van der Waals surface area contributed by atoms with Crippen molar-refractivity contribution < 1.29 is 0 Å². The van der Waals surface area contributed by atoms with Crippen LogP contribution in [0.1, 0.15) is 13.3 Å². The molecule has 1 aromatic rings. The van der Waals surface area contributed by atoms with Gasteiger partial charge in [0.1, 0.15) is 6.17 Å². The van der Waals surface area contributed by atoms with E-state index >= 15 is 0 Å². The Bertz CT molecular complexity index is 429. The van der Waals surface area contributed by atoms with Gasteiger partial charge in [-0.2, -0.15) is 0 Å². The number of aliphatic imine (C=N–C) groups is 1. The van der Waals surface area contributed by atoms with Crippen molar-refractivity contribution in [1.29, 1.82) is 0 Å². The van der Waals surface area contributed by atoms with E-state index in [1.807, 2.05) is 6.92 Å². The predicted octanol–water partition coefficient (Wildman–Crippen LogP) is 0.792. The minimum absolute atomic E-state index is 0. The Balaban J connectivity index is -0.00000110. The molecule has 0 fully saturated rings. The van der Waals surface area contributed by atoms with Gasteiger partial charge in [0.15, 0.2) is 5.96 Å². The smallest absolute Gasteiger partial charge is 0.201 e. The van der Waals surface area contributed by atoms with Crippen LogP contribution in [0.5, 0.6) is 0 Å². The number of nitrogens with zero attached hydrogens (tertiary/aromatic N) is 3. The molecule has 0 saturated carbocycles. The summed E-state index contributed by atoms with van der Waals surface area (Å²) in [5.41, 5.74) is 11.9. The second kappa shape index (κ2) is 14.7. The van der Waals surface area contributed by atoms with E-state index in [0.29, 0.717) is 19.0 Å². The fraction of sp³-hybridized carbons (Fsp3) is 0.667. The standard InChI is InChI=1S/C12H24N8.4ClH/c1-9(14)10(19-11-15-6-7-16-11)20(8-3-13)12-17-4-2-5-18-12;;;;/h6-7,9-10H,2-5,8,13-14H2,1H3,(H,17,18)(H2,15,16,19);4*1H. The molecule has 1 aliphatic heterocycles. The summed E-state index contributed by atoms with van der Waals surface area (Å²) in [7, 11) is 0. The summed E-state index contributed by atoms with van der Waals surface area (Å²) in [6.45, 7) is 4.91. The highest BCUT2D eigenvalue weighted by Gasteiger charge is 2.26. The highest BCUT2D eigenvalue weighted by Crippen LogP contribution is 2.09. The lowest BCUT2D eigenvalue weighted by Gasteiger charge is -2.37. The largest absolute Gasteiger partial charge is 0.356 e. The number of H-pyrrole nitrogens is 1. The zero-order chi connectivity index (χ0) is 14.4. The Morgan fingerprint density at radius 1 is 1.33 bits per heavy atom. The molecule has 2 heterocycles. The van der Waals surface area contributed by atoms with Gasteiger partial charge in [0, 0.05) is 44.6 Å². The van der Waals surface area contributed by atoms with Gasteiger partial charge >= 0.3 is 0 Å². The van der Waals surface area contributed by atoms with Gasteiger partial charge in [-0.15, -0.1) is 49.6 Å². The van der Waals surface area contributed by atoms with Crippen molar-refractivity contribution in [2.45, 2.75) is 25.6 Å². The summed E-state index contributed by atoms with van der Waals surface area (Å²) in [4.78, 5) is 13.8. The van der Waals surface area contributed by atoms with Gasteiger partial charge in [-0.05, 0) is 13.3 Å². The molecule has 1 aromatic heterocycles. The third-order valence-electron chi connectivity index (χ3n) is 3.14. The Kier molecular flexibility index (Phi) is 17.2. The van der Waals surface area contributed by atoms with Crippen molar-refractivity contribution >= 4 is 61.5 Å². The molecule has 7 N–H and O–H groups in total. The van der Waals surface area contributed by atoms with Gasteiger partial charge in [-0.25, -0.2) is 4.98 Å². The topological polar surface area (TPSA) is 120 Å². The molecule has 2 rings (SSSR count). The summed E-state index contributed by atoms with van der Waals surface area (Å²) >= 11 is 0. The monoisotopic (exact) mass is 424 g/mol. The van der Waals surface area contributed by atoms with Crippen LogP contribution in [-0.4, -0.2) is 59.2 Å². The molecule has 0 aliphatic carbocycles. The summed E-state index contributed by atoms with van der Waals surface area (Å²) in [6.07, 6.45) is 4.39. The quantitative estimate of drug-likeness (QED) is 0.429. The van der Waals surface area contributed by atoms with Gasteiger partial charge in [-0.1, -0.05) is 0 Å². The maximum atomic E-state index is 6.12. The van der Waals surface area contributed by atoms with Crippen LogP contribution in [0.15, 0.2) is 17.4 Å². The molecular formula is C12H28Cl4N8. The van der Waals surface area contributed by atoms with Crippen LogP contribution in [0.4, 0.5) is 5.95 Å². The van der Waals surface area contributed by atoms with Crippen molar-refractivity contribution in [1.82, 2.24) is 20.2 Å². The van der Waals surface area contributed by atoms with Gasteiger partial charge in [0.2, 0.25) is 5.95 Å². The van der Waals surface area contributed by atoms with Crippen LogP contribution < -0.4 is 22.1 Å². The van der Waals surface area contributed by atoms with Crippen molar-refractivity contribution in [3.05, 3.63) is 12.4 Å². The Morgan fingerprint density at radius 3 is 2.50 bits per heavy atom. The van der Waals surface area contributed by atoms with Crippen LogP contribution in [0, 0.1) is 0 Å². The lowest BCUT2D eigenvalue weighted by atomic mass is 10.2. The SMILES string of the molecule is CC(N)C(Nc1ncc[nH]1)N(CCN)C1=NCCCN1.Cl.Cl.Cl.Cl.